The van der Waals surface area contributed by atoms with Crippen molar-refractivity contribution in [2.75, 3.05) is 6.54 Å². The zero-order valence-corrected chi connectivity index (χ0v) is 15.9. The molecule has 0 radical (unpaired) electrons. The molecule has 1 aromatic heterocycles. The highest BCUT2D eigenvalue weighted by Gasteiger charge is 2.08. The number of hydrogen-bond donors (Lipinski definition) is 1. The lowest BCUT2D eigenvalue weighted by Crippen LogP contribution is -2.34. The highest BCUT2D eigenvalue weighted by Crippen LogP contribution is 2.22. The molecular formula is C24H21N3O2. The topological polar surface area (TPSA) is 64.0 Å². The summed E-state index contributed by atoms with van der Waals surface area (Å²) in [5.74, 6) is -0.230. The molecule has 1 amide bonds. The van der Waals surface area contributed by atoms with Gasteiger partial charge in [-0.1, -0.05) is 66.7 Å². The van der Waals surface area contributed by atoms with Crippen LogP contribution in [0.25, 0.3) is 22.0 Å². The Morgan fingerprint density at radius 3 is 2.45 bits per heavy atom. The van der Waals surface area contributed by atoms with Gasteiger partial charge in [0.05, 0.1) is 5.69 Å². The summed E-state index contributed by atoms with van der Waals surface area (Å²) in [6, 6.07) is 27.2. The highest BCUT2D eigenvalue weighted by molar-refractivity contribution is 5.86. The Kier molecular flexibility index (Phi) is 5.47. The first-order chi connectivity index (χ1) is 14.2. The molecule has 3 aromatic carbocycles. The van der Waals surface area contributed by atoms with Crippen LogP contribution in [0.2, 0.25) is 0 Å². The maximum absolute atomic E-state index is 12.3. The second-order valence-corrected chi connectivity index (χ2v) is 6.86. The zero-order chi connectivity index (χ0) is 20.1. The summed E-state index contributed by atoms with van der Waals surface area (Å²) in [4.78, 5) is 24.4. The summed E-state index contributed by atoms with van der Waals surface area (Å²) in [6.45, 7) is 0.414. The Balaban J connectivity index is 1.46. The molecule has 0 saturated carbocycles. The van der Waals surface area contributed by atoms with Crippen molar-refractivity contribution in [2.24, 2.45) is 0 Å². The largest absolute Gasteiger partial charge is 0.354 e. The van der Waals surface area contributed by atoms with E-state index in [1.807, 2.05) is 72.8 Å². The number of hydrogen-bond acceptors (Lipinski definition) is 3. The minimum atomic E-state index is -0.298. The van der Waals surface area contributed by atoms with E-state index in [0.29, 0.717) is 12.2 Å². The number of benzene rings is 3. The summed E-state index contributed by atoms with van der Waals surface area (Å²) in [5, 5.41) is 9.49. The van der Waals surface area contributed by atoms with Crippen LogP contribution < -0.4 is 10.9 Å². The van der Waals surface area contributed by atoms with Crippen molar-refractivity contribution in [3.05, 3.63) is 101 Å². The van der Waals surface area contributed by atoms with Crippen LogP contribution in [0.3, 0.4) is 0 Å². The highest BCUT2D eigenvalue weighted by atomic mass is 16.2. The molecule has 0 bridgehead atoms. The lowest BCUT2D eigenvalue weighted by Gasteiger charge is -2.09. The van der Waals surface area contributed by atoms with Crippen molar-refractivity contribution in [3.63, 3.8) is 0 Å². The van der Waals surface area contributed by atoms with Crippen molar-refractivity contribution in [2.45, 2.75) is 13.0 Å². The van der Waals surface area contributed by atoms with E-state index in [0.717, 1.165) is 28.3 Å². The molecule has 5 nitrogen and oxygen atoms in total. The Morgan fingerprint density at radius 1 is 0.862 bits per heavy atom. The van der Waals surface area contributed by atoms with E-state index in [1.165, 1.54) is 10.7 Å². The summed E-state index contributed by atoms with van der Waals surface area (Å²) in [7, 11) is 0. The van der Waals surface area contributed by atoms with E-state index in [2.05, 4.69) is 10.4 Å². The number of carbonyl (C=O) groups excluding carboxylic acids is 1. The van der Waals surface area contributed by atoms with Gasteiger partial charge in [0.25, 0.3) is 5.56 Å². The number of fused-ring (bicyclic) bond motifs is 1. The Bertz CT molecular complexity index is 1200. The van der Waals surface area contributed by atoms with Crippen LogP contribution in [0.15, 0.2) is 89.7 Å². The molecule has 0 aliphatic rings. The predicted octanol–water partition coefficient (Wildman–Crippen LogP) is 3.42. The second kappa shape index (κ2) is 8.52. The number of nitrogens with zero attached hydrogens (tertiary/aromatic N) is 2. The van der Waals surface area contributed by atoms with Gasteiger partial charge in [0.2, 0.25) is 5.91 Å². The lowest BCUT2D eigenvalue weighted by molar-refractivity contribution is -0.121. The second-order valence-electron chi connectivity index (χ2n) is 6.86. The van der Waals surface area contributed by atoms with Gasteiger partial charge in [-0.25, -0.2) is 4.68 Å². The van der Waals surface area contributed by atoms with Crippen molar-refractivity contribution in [3.8, 4) is 11.3 Å². The van der Waals surface area contributed by atoms with Gasteiger partial charge >= 0.3 is 0 Å². The van der Waals surface area contributed by atoms with Crippen LogP contribution in [0.1, 0.15) is 5.56 Å². The van der Waals surface area contributed by atoms with Gasteiger partial charge in [0.15, 0.2) is 0 Å². The summed E-state index contributed by atoms with van der Waals surface area (Å²) in [5.41, 5.74) is 2.42. The van der Waals surface area contributed by atoms with E-state index < -0.39 is 0 Å². The van der Waals surface area contributed by atoms with Crippen molar-refractivity contribution in [1.29, 1.82) is 0 Å². The molecule has 144 valence electrons. The fourth-order valence-corrected chi connectivity index (χ4v) is 3.25. The van der Waals surface area contributed by atoms with E-state index in [1.54, 1.807) is 6.07 Å². The number of rotatable bonds is 6. The Morgan fingerprint density at radius 2 is 1.62 bits per heavy atom. The van der Waals surface area contributed by atoms with Gasteiger partial charge in [-0.2, -0.15) is 5.10 Å². The normalized spacial score (nSPS) is 10.8. The van der Waals surface area contributed by atoms with E-state index in [4.69, 9.17) is 0 Å². The fourth-order valence-electron chi connectivity index (χ4n) is 3.25. The van der Waals surface area contributed by atoms with Crippen LogP contribution >= 0.6 is 0 Å². The van der Waals surface area contributed by atoms with Gasteiger partial charge in [-0.05, 0) is 34.9 Å². The first-order valence-electron chi connectivity index (χ1n) is 9.57. The number of nitrogens with one attached hydrogen (secondary N) is 1. The van der Waals surface area contributed by atoms with E-state index in [-0.39, 0.29) is 18.0 Å². The smallest absolute Gasteiger partial charge is 0.267 e. The fraction of sp³-hybridized carbons (Fsp3) is 0.125. The van der Waals surface area contributed by atoms with Gasteiger partial charge < -0.3 is 5.32 Å². The van der Waals surface area contributed by atoms with Crippen LogP contribution in [-0.2, 0) is 17.8 Å². The summed E-state index contributed by atoms with van der Waals surface area (Å²) in [6.07, 6.45) is 0.742. The van der Waals surface area contributed by atoms with E-state index >= 15 is 0 Å². The third kappa shape index (κ3) is 4.58. The third-order valence-corrected chi connectivity index (χ3v) is 4.78. The molecule has 1 N–H and O–H groups in total. The molecule has 29 heavy (non-hydrogen) atoms. The molecule has 4 rings (SSSR count). The van der Waals surface area contributed by atoms with Gasteiger partial charge in [-0.3, -0.25) is 9.59 Å². The van der Waals surface area contributed by atoms with Gasteiger partial charge in [0, 0.05) is 18.2 Å². The van der Waals surface area contributed by atoms with Gasteiger partial charge in [-0.15, -0.1) is 0 Å². The molecule has 1 heterocycles. The molecule has 0 saturated heterocycles. The lowest BCUT2D eigenvalue weighted by atomic mass is 10.1. The summed E-state index contributed by atoms with van der Waals surface area (Å²) < 4.78 is 1.21. The number of amides is 1. The molecule has 0 atom stereocenters. The average molecular weight is 383 g/mol. The first-order valence-corrected chi connectivity index (χ1v) is 9.57. The zero-order valence-electron chi connectivity index (χ0n) is 15.9. The minimum Gasteiger partial charge on any atom is -0.354 e. The van der Waals surface area contributed by atoms with Crippen molar-refractivity contribution >= 4 is 16.7 Å². The summed E-state index contributed by atoms with van der Waals surface area (Å²) >= 11 is 0. The Hall–Kier alpha value is -3.73. The monoisotopic (exact) mass is 383 g/mol. The number of carbonyl (C=O) groups is 1. The van der Waals surface area contributed by atoms with Crippen LogP contribution in [-0.4, -0.2) is 22.2 Å². The quantitative estimate of drug-likeness (QED) is 0.555. The van der Waals surface area contributed by atoms with E-state index in [9.17, 15) is 9.59 Å². The van der Waals surface area contributed by atoms with Gasteiger partial charge in [0.1, 0.15) is 6.54 Å². The van der Waals surface area contributed by atoms with Crippen LogP contribution in [0, 0.1) is 0 Å². The molecule has 0 spiro atoms. The van der Waals surface area contributed by atoms with Crippen LogP contribution in [0.4, 0.5) is 0 Å². The van der Waals surface area contributed by atoms with Crippen molar-refractivity contribution < 1.29 is 4.79 Å². The SMILES string of the molecule is O=C(Cn1nc(-c2ccc3ccccc3c2)ccc1=O)NCCc1ccccc1. The molecule has 0 unspecified atom stereocenters. The minimum absolute atomic E-state index is 0.102. The molecular weight excluding hydrogens is 362 g/mol. The number of aromatic nitrogens is 2. The molecule has 5 heteroatoms. The molecule has 0 aliphatic heterocycles. The molecule has 0 aliphatic carbocycles. The molecule has 0 fully saturated rings. The average Bonchev–Trinajstić information content (AvgIpc) is 2.76. The molecule has 4 aromatic rings. The first kappa shape index (κ1) is 18.6. The van der Waals surface area contributed by atoms with Crippen LogP contribution in [0.5, 0.6) is 0 Å². The maximum Gasteiger partial charge on any atom is 0.267 e. The standard InChI is InChI=1S/C24H21N3O2/c28-23(25-15-14-18-6-2-1-3-7-18)17-27-24(29)13-12-22(26-27)21-11-10-19-8-4-5-9-20(19)16-21/h1-13,16H,14-15,17H2,(H,25,28). The predicted molar refractivity (Wildman–Crippen MR) is 115 cm³/mol. The van der Waals surface area contributed by atoms with Crippen molar-refractivity contribution in [1.82, 2.24) is 15.1 Å². The maximum atomic E-state index is 12.3. The Labute approximate surface area is 168 Å². The third-order valence-electron chi connectivity index (χ3n) is 4.78.